The van der Waals surface area contributed by atoms with E-state index < -0.39 is 11.9 Å². The van der Waals surface area contributed by atoms with Crippen LogP contribution < -0.4 is 5.32 Å². The summed E-state index contributed by atoms with van der Waals surface area (Å²) in [6, 6.07) is 5.20. The zero-order valence-corrected chi connectivity index (χ0v) is 15.5. The second kappa shape index (κ2) is 9.69. The van der Waals surface area contributed by atoms with Crippen LogP contribution in [0.15, 0.2) is 24.3 Å². The van der Waals surface area contributed by atoms with Crippen molar-refractivity contribution in [2.45, 2.75) is 57.0 Å². The van der Waals surface area contributed by atoms with Crippen molar-refractivity contribution >= 4 is 11.9 Å². The molecule has 1 aliphatic carbocycles. The molecule has 0 aromatic heterocycles. The van der Waals surface area contributed by atoms with Gasteiger partial charge in [-0.1, -0.05) is 31.7 Å². The first-order valence-corrected chi connectivity index (χ1v) is 9.49. The number of aromatic carboxylic acids is 2. The van der Waals surface area contributed by atoms with Gasteiger partial charge in [-0.15, -0.1) is 0 Å². The maximum absolute atomic E-state index is 10.4. The van der Waals surface area contributed by atoms with E-state index >= 15 is 0 Å². The fourth-order valence-electron chi connectivity index (χ4n) is 3.97. The molecule has 1 saturated carbocycles. The predicted octanol–water partition coefficient (Wildman–Crippen LogP) is 3.44. The quantitative estimate of drug-likeness (QED) is 0.760. The van der Waals surface area contributed by atoms with E-state index in [4.69, 9.17) is 10.2 Å². The molecule has 1 aromatic rings. The molecule has 6 heteroatoms. The Kier molecular flexibility index (Phi) is 7.60. The van der Waals surface area contributed by atoms with E-state index in [1.54, 1.807) is 0 Å². The maximum atomic E-state index is 10.4. The number of likely N-dealkylation sites (tertiary alicyclic amines) is 1. The van der Waals surface area contributed by atoms with Gasteiger partial charge in [-0.3, -0.25) is 4.90 Å². The molecule has 0 bridgehead atoms. The number of hydrogen-bond donors (Lipinski definition) is 3. The van der Waals surface area contributed by atoms with E-state index in [0.717, 1.165) is 6.07 Å². The summed E-state index contributed by atoms with van der Waals surface area (Å²) in [5.74, 6) is -2.25. The van der Waals surface area contributed by atoms with E-state index in [1.165, 1.54) is 82.7 Å². The zero-order valence-electron chi connectivity index (χ0n) is 15.5. The molecule has 144 valence electrons. The van der Waals surface area contributed by atoms with Crippen LogP contribution in [0, 0.1) is 0 Å². The molecule has 2 fully saturated rings. The molecule has 1 aromatic carbocycles. The van der Waals surface area contributed by atoms with Crippen LogP contribution in [-0.2, 0) is 0 Å². The highest BCUT2D eigenvalue weighted by molar-refractivity contribution is 5.93. The molecule has 1 heterocycles. The number of carboxylic acid groups (broad SMARTS) is 2. The molecular formula is C20H30N2O4. The van der Waals surface area contributed by atoms with Gasteiger partial charge in [0.2, 0.25) is 0 Å². The smallest absolute Gasteiger partial charge is 0.335 e. The Morgan fingerprint density at radius 1 is 0.923 bits per heavy atom. The monoisotopic (exact) mass is 362 g/mol. The number of piperidine rings is 1. The van der Waals surface area contributed by atoms with Gasteiger partial charge in [0, 0.05) is 0 Å². The molecular weight excluding hydrogens is 332 g/mol. The standard InChI is InChI=1S/C12H24N2.C8H6O4/c1-13-12(8-4-2-5-9-12)14-10-6-3-7-11-14;9-7(10)5-2-1-3-6(4-5)8(11)12/h13H,2-11H2,1H3;1-4H,(H,9,10)(H,11,12). The predicted molar refractivity (Wildman–Crippen MR) is 101 cm³/mol. The van der Waals surface area contributed by atoms with Crippen molar-refractivity contribution in [2.24, 2.45) is 0 Å². The van der Waals surface area contributed by atoms with Gasteiger partial charge >= 0.3 is 11.9 Å². The normalized spacial score (nSPS) is 19.9. The van der Waals surface area contributed by atoms with Crippen LogP contribution in [0.4, 0.5) is 0 Å². The van der Waals surface area contributed by atoms with Crippen molar-refractivity contribution in [1.82, 2.24) is 10.2 Å². The van der Waals surface area contributed by atoms with Crippen LogP contribution in [-0.4, -0.2) is 52.9 Å². The first-order valence-electron chi connectivity index (χ1n) is 9.49. The van der Waals surface area contributed by atoms with Crippen molar-refractivity contribution < 1.29 is 19.8 Å². The number of benzene rings is 1. The van der Waals surface area contributed by atoms with Crippen LogP contribution in [0.1, 0.15) is 72.1 Å². The third kappa shape index (κ3) is 5.29. The van der Waals surface area contributed by atoms with Gasteiger partial charge in [0.25, 0.3) is 0 Å². The third-order valence-corrected chi connectivity index (χ3v) is 5.46. The maximum Gasteiger partial charge on any atom is 0.335 e. The van der Waals surface area contributed by atoms with Gasteiger partial charge in [-0.05, 0) is 64.0 Å². The first kappa shape index (κ1) is 20.4. The van der Waals surface area contributed by atoms with Crippen molar-refractivity contribution in [3.8, 4) is 0 Å². The minimum Gasteiger partial charge on any atom is -0.478 e. The molecule has 0 atom stereocenters. The highest BCUT2D eigenvalue weighted by Gasteiger charge is 2.36. The van der Waals surface area contributed by atoms with E-state index in [9.17, 15) is 9.59 Å². The van der Waals surface area contributed by atoms with E-state index in [1.807, 2.05) is 0 Å². The number of nitrogens with zero attached hydrogens (tertiary/aromatic N) is 1. The Hall–Kier alpha value is -1.92. The Morgan fingerprint density at radius 2 is 1.42 bits per heavy atom. The first-order chi connectivity index (χ1) is 12.5. The van der Waals surface area contributed by atoms with Crippen LogP contribution >= 0.6 is 0 Å². The van der Waals surface area contributed by atoms with Crippen LogP contribution in [0.3, 0.4) is 0 Å². The Balaban J connectivity index is 0.000000190. The molecule has 0 unspecified atom stereocenters. The average molecular weight is 362 g/mol. The molecule has 0 spiro atoms. The second-order valence-corrected chi connectivity index (χ2v) is 7.08. The van der Waals surface area contributed by atoms with E-state index in [0.29, 0.717) is 5.66 Å². The second-order valence-electron chi connectivity index (χ2n) is 7.08. The van der Waals surface area contributed by atoms with Crippen molar-refractivity contribution in [2.75, 3.05) is 20.1 Å². The highest BCUT2D eigenvalue weighted by Crippen LogP contribution is 2.32. The summed E-state index contributed by atoms with van der Waals surface area (Å²) in [5, 5.41) is 20.6. The number of carboxylic acids is 2. The summed E-state index contributed by atoms with van der Waals surface area (Å²) in [7, 11) is 2.15. The molecule has 0 amide bonds. The molecule has 3 N–H and O–H groups in total. The number of hydrogen-bond acceptors (Lipinski definition) is 4. The van der Waals surface area contributed by atoms with Gasteiger partial charge in [0.1, 0.15) is 0 Å². The fourth-order valence-corrected chi connectivity index (χ4v) is 3.97. The van der Waals surface area contributed by atoms with Crippen molar-refractivity contribution in [3.63, 3.8) is 0 Å². The summed E-state index contributed by atoms with van der Waals surface area (Å²) in [4.78, 5) is 23.5. The lowest BCUT2D eigenvalue weighted by molar-refractivity contribution is 0.0117. The van der Waals surface area contributed by atoms with Gasteiger partial charge in [-0.2, -0.15) is 0 Å². The lowest BCUT2D eigenvalue weighted by Crippen LogP contribution is -2.59. The third-order valence-electron chi connectivity index (χ3n) is 5.46. The highest BCUT2D eigenvalue weighted by atomic mass is 16.4. The summed E-state index contributed by atoms with van der Waals surface area (Å²) in [6.45, 7) is 2.64. The summed E-state index contributed by atoms with van der Waals surface area (Å²) >= 11 is 0. The summed E-state index contributed by atoms with van der Waals surface area (Å²) in [5.41, 5.74) is 0.336. The van der Waals surface area contributed by atoms with Crippen LogP contribution in [0.5, 0.6) is 0 Å². The average Bonchev–Trinajstić information content (AvgIpc) is 2.69. The van der Waals surface area contributed by atoms with Crippen molar-refractivity contribution in [3.05, 3.63) is 35.4 Å². The van der Waals surface area contributed by atoms with E-state index in [-0.39, 0.29) is 11.1 Å². The van der Waals surface area contributed by atoms with Crippen LogP contribution in [0.2, 0.25) is 0 Å². The SMILES string of the molecule is CNC1(N2CCCCC2)CCCCC1.O=C(O)c1cccc(C(=O)O)c1. The molecule has 26 heavy (non-hydrogen) atoms. The minimum atomic E-state index is -1.13. The molecule has 1 saturated heterocycles. The number of nitrogens with one attached hydrogen (secondary N) is 1. The molecule has 6 nitrogen and oxygen atoms in total. The summed E-state index contributed by atoms with van der Waals surface area (Å²) in [6.07, 6.45) is 11.3. The largest absolute Gasteiger partial charge is 0.478 e. The number of carbonyl (C=O) groups is 2. The van der Waals surface area contributed by atoms with Gasteiger partial charge in [0.05, 0.1) is 16.8 Å². The van der Waals surface area contributed by atoms with Gasteiger partial charge < -0.3 is 15.5 Å². The van der Waals surface area contributed by atoms with Crippen molar-refractivity contribution in [1.29, 1.82) is 0 Å². The number of rotatable bonds is 4. The Bertz CT molecular complexity index is 576. The molecule has 0 radical (unpaired) electrons. The summed E-state index contributed by atoms with van der Waals surface area (Å²) < 4.78 is 0. The Morgan fingerprint density at radius 3 is 1.88 bits per heavy atom. The lowest BCUT2D eigenvalue weighted by Gasteiger charge is -2.48. The fraction of sp³-hybridized carbons (Fsp3) is 0.600. The molecule has 2 aliphatic rings. The van der Waals surface area contributed by atoms with Gasteiger partial charge in [0.15, 0.2) is 0 Å². The Labute approximate surface area is 155 Å². The lowest BCUT2D eigenvalue weighted by atomic mass is 9.86. The topological polar surface area (TPSA) is 89.9 Å². The molecule has 1 aliphatic heterocycles. The molecule has 3 rings (SSSR count). The minimum absolute atomic E-state index is 0.0186. The van der Waals surface area contributed by atoms with Crippen LogP contribution in [0.25, 0.3) is 0 Å². The van der Waals surface area contributed by atoms with E-state index in [2.05, 4.69) is 17.3 Å². The van der Waals surface area contributed by atoms with Gasteiger partial charge in [-0.25, -0.2) is 9.59 Å². The zero-order chi connectivity index (χ0) is 19.0.